The number of Topliss-reactive ketones (excluding diaryl/α,β-unsaturated/α-hetero) is 2. The number of rotatable bonds is 9. The first kappa shape index (κ1) is 38.5. The number of ketones is 3. The summed E-state index contributed by atoms with van der Waals surface area (Å²) in [6.07, 6.45) is 9.16. The monoisotopic (exact) mass is 695 g/mol. The van der Waals surface area contributed by atoms with Crippen molar-refractivity contribution in [2.75, 3.05) is 52.6 Å². The van der Waals surface area contributed by atoms with Crippen LogP contribution in [0, 0.1) is 28.6 Å². The van der Waals surface area contributed by atoms with Crippen LogP contribution in [0.25, 0.3) is 0 Å². The molecule has 1 aromatic rings. The van der Waals surface area contributed by atoms with Gasteiger partial charge < -0.3 is 25.8 Å². The molecule has 3 fully saturated rings. The number of aliphatic hydroxyl groups is 2. The largest absolute Gasteiger partial charge is 0.388 e. The van der Waals surface area contributed by atoms with E-state index in [1.807, 2.05) is 27.0 Å². The van der Waals surface area contributed by atoms with Gasteiger partial charge in [-0.3, -0.25) is 24.2 Å². The fourth-order valence-electron chi connectivity index (χ4n) is 7.70. The zero-order valence-corrected chi connectivity index (χ0v) is 29.2. The van der Waals surface area contributed by atoms with E-state index in [0.29, 0.717) is 24.6 Å². The number of nitrogens with zero attached hydrogens (tertiary/aromatic N) is 5. The molecule has 0 bridgehead atoms. The van der Waals surface area contributed by atoms with Crippen molar-refractivity contribution in [2.24, 2.45) is 44.7 Å². The minimum absolute atomic E-state index is 0.0206. The number of nitrogens with two attached hydrogens (primary N) is 1. The number of hydrogen-bond donors (Lipinski definition) is 4. The van der Waals surface area contributed by atoms with Crippen molar-refractivity contribution < 1.29 is 29.4 Å². The number of imidazole rings is 1. The van der Waals surface area contributed by atoms with E-state index in [1.54, 1.807) is 26.2 Å². The lowest BCUT2D eigenvalue weighted by atomic mass is 9.46. The number of halogens is 2. The van der Waals surface area contributed by atoms with Crippen LogP contribution in [0.4, 0.5) is 5.82 Å². The van der Waals surface area contributed by atoms with E-state index in [0.717, 1.165) is 31.5 Å². The first-order chi connectivity index (χ1) is 22.1. The summed E-state index contributed by atoms with van der Waals surface area (Å²) in [7, 11) is 5.43. The third-order valence-electron chi connectivity index (χ3n) is 10.1. The first-order valence-corrected chi connectivity index (χ1v) is 16.7. The quantitative estimate of drug-likeness (QED) is 0.170. The number of nitrogens with one attached hydrogen (secondary N) is 1. The minimum atomic E-state index is -1.62. The van der Waals surface area contributed by atoms with E-state index in [9.17, 15) is 29.4 Å². The number of aromatic amines is 1. The van der Waals surface area contributed by atoms with Gasteiger partial charge in [-0.1, -0.05) is 30.7 Å². The maximum Gasteiger partial charge on any atom is 0.271 e. The molecule has 0 aromatic carbocycles. The number of allylic oxidation sites excluding steroid dienone is 4. The van der Waals surface area contributed by atoms with Gasteiger partial charge >= 0.3 is 0 Å². The van der Waals surface area contributed by atoms with Crippen LogP contribution < -0.4 is 5.73 Å². The van der Waals surface area contributed by atoms with Crippen LogP contribution in [0.3, 0.4) is 0 Å². The Balaban J connectivity index is 0.000000238. The molecule has 0 saturated heterocycles. The van der Waals surface area contributed by atoms with Gasteiger partial charge in [0.2, 0.25) is 0 Å². The van der Waals surface area contributed by atoms with Crippen molar-refractivity contribution in [3.63, 3.8) is 0 Å². The summed E-state index contributed by atoms with van der Waals surface area (Å²) >= 11 is 10.9. The molecule has 1 heterocycles. The fraction of sp³-hybridized carbons (Fsp3) is 0.656. The maximum absolute atomic E-state index is 13.3. The lowest BCUT2D eigenvalue weighted by Gasteiger charge is -2.56. The van der Waals surface area contributed by atoms with E-state index < -0.39 is 34.7 Å². The number of carbonyl (C=O) groups excluding carboxylic acids is 4. The van der Waals surface area contributed by atoms with Crippen LogP contribution >= 0.6 is 23.2 Å². The van der Waals surface area contributed by atoms with Crippen molar-refractivity contribution in [1.82, 2.24) is 19.9 Å². The highest BCUT2D eigenvalue weighted by molar-refractivity contribution is 6.18. The molecule has 1 amide bonds. The summed E-state index contributed by atoms with van der Waals surface area (Å²) < 4.78 is 0. The maximum atomic E-state index is 13.3. The summed E-state index contributed by atoms with van der Waals surface area (Å²) in [5.74, 6) is 0.420. The SMILES string of the molecule is CN(C)/N=N/c1[nH]cnc1C(N)=O.CN(CCCl)CCCl.C[C@]12C=CC(=O)C=C1CC[C@@H]1[C@@H]2C(=O)C[C@@]2(C)[C@H]1CC[C@]2(O)C(=O)CO. The Bertz CT molecular complexity index is 1410. The van der Waals surface area contributed by atoms with E-state index in [2.05, 4.69) is 25.2 Å². The molecule has 0 radical (unpaired) electrons. The molecule has 0 unspecified atom stereocenters. The molecule has 5 N–H and O–H groups in total. The number of amides is 1. The lowest BCUT2D eigenvalue weighted by Crippen LogP contribution is -2.60. The van der Waals surface area contributed by atoms with Gasteiger partial charge in [-0.05, 0) is 56.7 Å². The Hall–Kier alpha value is -2.97. The molecule has 5 rings (SSSR count). The standard InChI is InChI=1S/C21H26O5.C6H10N6O.C5H11Cl2N/c1-19-7-5-13(23)9-12(19)3-4-14-15-6-8-21(26,17(25)11-22)20(15,2)10-16(24)18(14)19;1-12(2)11-10-6-4(5(7)13)8-3-9-6;1-8(4-2-6)5-3-7/h5,7,9,14-15,18,22,26H,3-4,6,8,10-11H2,1-2H3;3H,1-2H3,(H2,7,13)(H,8,9);2-5H2,1H3/b;11-10+;/t14-,15-,18+,19-,20-,21-;;/m0../s1. The minimum Gasteiger partial charge on any atom is -0.388 e. The normalized spacial score (nSPS) is 30.8. The van der Waals surface area contributed by atoms with Gasteiger partial charge in [0.05, 0.1) is 6.33 Å². The predicted octanol–water partition coefficient (Wildman–Crippen LogP) is 3.23. The Kier molecular flexibility index (Phi) is 13.1. The van der Waals surface area contributed by atoms with Crippen molar-refractivity contribution in [1.29, 1.82) is 0 Å². The van der Waals surface area contributed by atoms with Gasteiger partial charge in [0.25, 0.3) is 5.91 Å². The number of fused-ring (bicyclic) bond motifs is 5. The molecular formula is C32H47Cl2N7O6. The predicted molar refractivity (Wildman–Crippen MR) is 178 cm³/mol. The molecular weight excluding hydrogens is 649 g/mol. The number of alkyl halides is 2. The molecule has 6 atom stereocenters. The molecule has 4 aliphatic carbocycles. The third-order valence-corrected chi connectivity index (χ3v) is 10.5. The Morgan fingerprint density at radius 2 is 1.81 bits per heavy atom. The summed E-state index contributed by atoms with van der Waals surface area (Å²) in [5.41, 5.74) is 3.26. The first-order valence-electron chi connectivity index (χ1n) is 15.7. The molecule has 1 aromatic heterocycles. The fourth-order valence-corrected chi connectivity index (χ4v) is 8.28. The van der Waals surface area contributed by atoms with E-state index in [4.69, 9.17) is 28.9 Å². The zero-order chi connectivity index (χ0) is 35.2. The van der Waals surface area contributed by atoms with Gasteiger partial charge in [0, 0.05) is 62.1 Å². The summed E-state index contributed by atoms with van der Waals surface area (Å²) in [5, 5.41) is 29.4. The van der Waals surface area contributed by atoms with Gasteiger partial charge in [-0.15, -0.1) is 28.3 Å². The third kappa shape index (κ3) is 8.02. The number of hydrogen-bond acceptors (Lipinski definition) is 10. The second-order valence-corrected chi connectivity index (χ2v) is 14.0. The van der Waals surface area contributed by atoms with Crippen molar-refractivity contribution in [3.05, 3.63) is 35.8 Å². The second kappa shape index (κ2) is 16.0. The smallest absolute Gasteiger partial charge is 0.271 e. The van der Waals surface area contributed by atoms with Gasteiger partial charge in [-0.2, -0.15) is 0 Å². The Labute approximate surface area is 285 Å². The number of aromatic nitrogens is 2. The van der Waals surface area contributed by atoms with Crippen LogP contribution in [0.2, 0.25) is 0 Å². The number of aliphatic hydroxyl groups excluding tert-OH is 1. The van der Waals surface area contributed by atoms with Crippen LogP contribution in [0.5, 0.6) is 0 Å². The van der Waals surface area contributed by atoms with Crippen molar-refractivity contribution in [3.8, 4) is 0 Å². The highest BCUT2D eigenvalue weighted by Crippen LogP contribution is 2.66. The molecule has 3 saturated carbocycles. The average Bonchev–Trinajstić information content (AvgIpc) is 3.59. The number of carbonyl (C=O) groups is 4. The Morgan fingerprint density at radius 3 is 2.38 bits per heavy atom. The van der Waals surface area contributed by atoms with Crippen LogP contribution in [0.1, 0.15) is 56.4 Å². The summed E-state index contributed by atoms with van der Waals surface area (Å²) in [6.45, 7) is 5.04. The van der Waals surface area contributed by atoms with Crippen LogP contribution in [-0.2, 0) is 14.4 Å². The molecule has 0 aliphatic heterocycles. The molecule has 13 nitrogen and oxygen atoms in total. The van der Waals surface area contributed by atoms with Crippen LogP contribution in [-0.4, -0.2) is 112 Å². The van der Waals surface area contributed by atoms with E-state index >= 15 is 0 Å². The van der Waals surface area contributed by atoms with Gasteiger partial charge in [-0.25, -0.2) is 4.98 Å². The highest BCUT2D eigenvalue weighted by atomic mass is 35.5. The summed E-state index contributed by atoms with van der Waals surface area (Å²) in [4.78, 5) is 56.6. The summed E-state index contributed by atoms with van der Waals surface area (Å²) in [6, 6.07) is 0. The lowest BCUT2D eigenvalue weighted by molar-refractivity contribution is -0.168. The molecule has 15 heteroatoms. The zero-order valence-electron chi connectivity index (χ0n) is 27.7. The van der Waals surface area contributed by atoms with E-state index in [-0.39, 0.29) is 47.3 Å². The second-order valence-electron chi connectivity index (χ2n) is 13.2. The van der Waals surface area contributed by atoms with Crippen LogP contribution in [0.15, 0.2) is 40.5 Å². The van der Waals surface area contributed by atoms with Gasteiger partial charge in [0.1, 0.15) is 18.0 Å². The molecule has 47 heavy (non-hydrogen) atoms. The number of H-pyrrole nitrogens is 1. The Morgan fingerprint density at radius 1 is 1.15 bits per heavy atom. The van der Waals surface area contributed by atoms with Crippen molar-refractivity contribution in [2.45, 2.75) is 51.6 Å². The van der Waals surface area contributed by atoms with Gasteiger partial charge in [0.15, 0.2) is 23.1 Å². The van der Waals surface area contributed by atoms with Crippen molar-refractivity contribution >= 4 is 52.3 Å². The highest BCUT2D eigenvalue weighted by Gasteiger charge is 2.68. The molecule has 0 spiro atoms. The topological polar surface area (TPSA) is 195 Å². The average molecular weight is 697 g/mol. The number of primary amides is 1. The van der Waals surface area contributed by atoms with E-state index in [1.165, 1.54) is 11.3 Å². The molecule has 260 valence electrons. The molecule has 4 aliphatic rings.